The fourth-order valence-electron chi connectivity index (χ4n) is 5.77. The van der Waals surface area contributed by atoms with Gasteiger partial charge in [-0.05, 0) is 88.9 Å². The van der Waals surface area contributed by atoms with Crippen molar-refractivity contribution >= 4 is 11.7 Å². The highest BCUT2D eigenvalue weighted by Gasteiger charge is 2.28. The summed E-state index contributed by atoms with van der Waals surface area (Å²) in [4.78, 5) is 22.4. The molecule has 0 bridgehead atoms. The van der Waals surface area contributed by atoms with Crippen LogP contribution in [0.5, 0.6) is 0 Å². The van der Waals surface area contributed by atoms with Crippen LogP contribution in [0.2, 0.25) is 0 Å². The van der Waals surface area contributed by atoms with E-state index in [1.807, 2.05) is 12.1 Å². The van der Waals surface area contributed by atoms with Crippen LogP contribution in [-0.2, 0) is 4.74 Å². The minimum absolute atomic E-state index is 0.0390. The Kier molecular flexibility index (Phi) is 8.80. The topological polar surface area (TPSA) is 57.7 Å². The first-order chi connectivity index (χ1) is 15.7. The van der Waals surface area contributed by atoms with Crippen LogP contribution >= 0.6 is 0 Å². The summed E-state index contributed by atoms with van der Waals surface area (Å²) in [7, 11) is 0. The summed E-state index contributed by atoms with van der Waals surface area (Å²) in [5, 5.41) is 3.37. The van der Waals surface area contributed by atoms with Gasteiger partial charge in [-0.1, -0.05) is 12.8 Å². The van der Waals surface area contributed by atoms with Crippen LogP contribution < -0.4 is 10.2 Å². The van der Waals surface area contributed by atoms with Gasteiger partial charge in [0.05, 0.1) is 12.2 Å². The molecule has 1 saturated carbocycles. The molecule has 0 unspecified atom stereocenters. The van der Waals surface area contributed by atoms with Crippen LogP contribution in [0.4, 0.5) is 5.82 Å². The Bertz CT molecular complexity index is 704. The van der Waals surface area contributed by atoms with E-state index in [-0.39, 0.29) is 5.91 Å². The molecule has 0 radical (unpaired) electrons. The number of nitrogens with zero attached hydrogens (tertiary/aromatic N) is 3. The van der Waals surface area contributed by atoms with Gasteiger partial charge in [-0.3, -0.25) is 4.79 Å². The number of aromatic nitrogens is 1. The maximum Gasteiger partial charge on any atom is 0.253 e. The Labute approximate surface area is 194 Å². The molecule has 178 valence electrons. The van der Waals surface area contributed by atoms with Crippen molar-refractivity contribution in [3.8, 4) is 0 Å². The fraction of sp³-hybridized carbons (Fsp3) is 0.769. The minimum Gasteiger partial charge on any atom is -0.381 e. The van der Waals surface area contributed by atoms with Crippen LogP contribution in [0, 0.1) is 11.8 Å². The van der Waals surface area contributed by atoms with E-state index in [4.69, 9.17) is 4.74 Å². The Morgan fingerprint density at radius 1 is 1.09 bits per heavy atom. The zero-order chi connectivity index (χ0) is 22.2. The molecule has 0 spiro atoms. The molecule has 3 aliphatic rings. The van der Waals surface area contributed by atoms with Crippen molar-refractivity contribution in [3.05, 3.63) is 23.9 Å². The Morgan fingerprint density at radius 3 is 2.72 bits per heavy atom. The van der Waals surface area contributed by atoms with E-state index in [0.717, 1.165) is 45.1 Å². The number of likely N-dealkylation sites (tertiary alicyclic amines) is 1. The van der Waals surface area contributed by atoms with E-state index >= 15 is 0 Å². The first-order valence-electron chi connectivity index (χ1n) is 13.0. The Morgan fingerprint density at radius 2 is 1.94 bits per heavy atom. The van der Waals surface area contributed by atoms with Gasteiger partial charge in [0, 0.05) is 38.5 Å². The van der Waals surface area contributed by atoms with Gasteiger partial charge in [0.15, 0.2) is 0 Å². The number of carbonyl (C=O) groups is 1. The predicted octanol–water partition coefficient (Wildman–Crippen LogP) is 4.11. The number of carbonyl (C=O) groups excluding carboxylic acids is 1. The molecule has 6 nitrogen and oxygen atoms in total. The lowest BCUT2D eigenvalue weighted by Gasteiger charge is -2.36. The van der Waals surface area contributed by atoms with Gasteiger partial charge in [0.2, 0.25) is 0 Å². The normalized spacial score (nSPS) is 26.9. The first kappa shape index (κ1) is 23.5. The van der Waals surface area contributed by atoms with Crippen molar-refractivity contribution in [1.29, 1.82) is 0 Å². The van der Waals surface area contributed by atoms with Gasteiger partial charge in [0.1, 0.15) is 5.82 Å². The smallest absolute Gasteiger partial charge is 0.253 e. The molecular weight excluding hydrogens is 400 g/mol. The summed E-state index contributed by atoms with van der Waals surface area (Å²) in [5.74, 6) is 2.30. The quantitative estimate of drug-likeness (QED) is 0.624. The molecule has 4 rings (SSSR count). The number of pyridine rings is 1. The van der Waals surface area contributed by atoms with Crippen molar-refractivity contribution in [2.45, 2.75) is 70.8 Å². The maximum absolute atomic E-state index is 13.0. The lowest BCUT2D eigenvalue weighted by atomic mass is 9.82. The van der Waals surface area contributed by atoms with Gasteiger partial charge in [-0.2, -0.15) is 0 Å². The highest BCUT2D eigenvalue weighted by atomic mass is 16.5. The summed E-state index contributed by atoms with van der Waals surface area (Å²) in [6.07, 6.45) is 12.8. The summed E-state index contributed by atoms with van der Waals surface area (Å²) in [6.45, 7) is 9.47. The minimum atomic E-state index is 0.0390. The average Bonchev–Trinajstić information content (AvgIpc) is 3.38. The molecule has 0 aromatic carbocycles. The molecule has 6 heteroatoms. The molecule has 2 aliphatic heterocycles. The summed E-state index contributed by atoms with van der Waals surface area (Å²) in [6, 6.07) is 4.24. The van der Waals surface area contributed by atoms with Crippen LogP contribution in [0.25, 0.3) is 0 Å². The maximum atomic E-state index is 13.0. The molecule has 2 saturated heterocycles. The molecule has 3 atom stereocenters. The molecule has 1 N–H and O–H groups in total. The van der Waals surface area contributed by atoms with Gasteiger partial charge < -0.3 is 19.9 Å². The number of nitrogens with one attached hydrogen (secondary N) is 1. The molecule has 1 amide bonds. The van der Waals surface area contributed by atoms with E-state index in [2.05, 4.69) is 27.0 Å². The molecule has 1 aliphatic carbocycles. The van der Waals surface area contributed by atoms with E-state index in [0.29, 0.717) is 23.4 Å². The average molecular weight is 443 g/mol. The van der Waals surface area contributed by atoms with Gasteiger partial charge in [0.25, 0.3) is 5.91 Å². The largest absolute Gasteiger partial charge is 0.381 e. The highest BCUT2D eigenvalue weighted by molar-refractivity contribution is 5.94. The molecule has 3 heterocycles. The number of hydrogen-bond donors (Lipinski definition) is 1. The third kappa shape index (κ3) is 6.44. The number of hydrogen-bond acceptors (Lipinski definition) is 5. The van der Waals surface area contributed by atoms with Gasteiger partial charge >= 0.3 is 0 Å². The lowest BCUT2D eigenvalue weighted by Crippen LogP contribution is -2.44. The molecule has 1 aromatic rings. The lowest BCUT2D eigenvalue weighted by molar-refractivity contribution is 0.0630. The summed E-state index contributed by atoms with van der Waals surface area (Å²) in [5.41, 5.74) is 0.687. The molecule has 3 fully saturated rings. The van der Waals surface area contributed by atoms with Crippen LogP contribution in [0.3, 0.4) is 0 Å². The number of piperidine rings is 1. The second kappa shape index (κ2) is 12.0. The molecule has 1 aromatic heterocycles. The van der Waals surface area contributed by atoms with Gasteiger partial charge in [-0.25, -0.2) is 4.98 Å². The van der Waals surface area contributed by atoms with Crippen molar-refractivity contribution in [2.75, 3.05) is 50.8 Å². The number of ether oxygens (including phenoxy) is 1. The van der Waals surface area contributed by atoms with Crippen molar-refractivity contribution in [1.82, 2.24) is 15.2 Å². The van der Waals surface area contributed by atoms with E-state index < -0.39 is 0 Å². The summed E-state index contributed by atoms with van der Waals surface area (Å²) < 4.78 is 5.67. The third-order valence-corrected chi connectivity index (χ3v) is 7.64. The standard InChI is InChI=1S/C26H42N4O2/c1-2-32-20-21-8-7-14-29(19-21)17-13-22-9-3-4-10-24(22)28-26(31)23-11-12-25(27-18-23)30-15-5-6-16-30/h11-12,18,21-22,24H,2-10,13-17,19-20H2,1H3,(H,28,31)/t21-,22-,24+/m1/s1. The van der Waals surface area contributed by atoms with Crippen LogP contribution in [0.15, 0.2) is 18.3 Å². The monoisotopic (exact) mass is 442 g/mol. The third-order valence-electron chi connectivity index (χ3n) is 7.64. The first-order valence-corrected chi connectivity index (χ1v) is 13.0. The van der Waals surface area contributed by atoms with Crippen molar-refractivity contribution in [3.63, 3.8) is 0 Å². The van der Waals surface area contributed by atoms with Crippen molar-refractivity contribution in [2.24, 2.45) is 11.8 Å². The number of amides is 1. The zero-order valence-corrected chi connectivity index (χ0v) is 19.9. The predicted molar refractivity (Wildman–Crippen MR) is 129 cm³/mol. The van der Waals surface area contributed by atoms with E-state index in [9.17, 15) is 4.79 Å². The van der Waals surface area contributed by atoms with E-state index in [1.54, 1.807) is 6.20 Å². The Balaban J connectivity index is 1.27. The highest BCUT2D eigenvalue weighted by Crippen LogP contribution is 2.28. The number of rotatable bonds is 9. The molecular formula is C26H42N4O2. The fourth-order valence-corrected chi connectivity index (χ4v) is 5.77. The Hall–Kier alpha value is -1.66. The zero-order valence-electron chi connectivity index (χ0n) is 19.9. The van der Waals surface area contributed by atoms with Crippen LogP contribution in [0.1, 0.15) is 75.1 Å². The summed E-state index contributed by atoms with van der Waals surface area (Å²) >= 11 is 0. The molecule has 32 heavy (non-hydrogen) atoms. The SMILES string of the molecule is CCOC[C@@H]1CCCN(CC[C@H]2CCCC[C@@H]2NC(=O)c2ccc(N3CCCC3)nc2)C1. The second-order valence-electron chi connectivity index (χ2n) is 9.98. The van der Waals surface area contributed by atoms with Crippen molar-refractivity contribution < 1.29 is 9.53 Å². The number of anilines is 1. The van der Waals surface area contributed by atoms with E-state index in [1.165, 1.54) is 64.5 Å². The van der Waals surface area contributed by atoms with Gasteiger partial charge in [-0.15, -0.1) is 0 Å². The second-order valence-corrected chi connectivity index (χ2v) is 9.98. The van der Waals surface area contributed by atoms with Crippen LogP contribution in [-0.4, -0.2) is 67.8 Å².